The zero-order valence-electron chi connectivity index (χ0n) is 6.30. The summed E-state index contributed by atoms with van der Waals surface area (Å²) in [5, 5.41) is 0.469. The van der Waals surface area contributed by atoms with Crippen molar-refractivity contribution in [1.82, 2.24) is 0 Å². The molecule has 0 radical (unpaired) electrons. The van der Waals surface area contributed by atoms with Crippen LogP contribution in [0.4, 0.5) is 0 Å². The van der Waals surface area contributed by atoms with E-state index >= 15 is 0 Å². The van der Waals surface area contributed by atoms with Crippen molar-refractivity contribution in [3.63, 3.8) is 0 Å². The molecule has 0 aliphatic heterocycles. The van der Waals surface area contributed by atoms with Gasteiger partial charge in [0.2, 0.25) is 0 Å². The lowest BCUT2D eigenvalue weighted by Crippen LogP contribution is -1.88. The van der Waals surface area contributed by atoms with Gasteiger partial charge in [-0.1, -0.05) is 11.6 Å². The highest BCUT2D eigenvalue weighted by atomic mass is 79.9. The van der Waals surface area contributed by atoms with Crippen molar-refractivity contribution in [1.29, 1.82) is 0 Å². The Labute approximate surface area is 83.6 Å². The maximum atomic E-state index is 10.5. The van der Waals surface area contributed by atoms with Gasteiger partial charge in [-0.15, -0.1) is 0 Å². The third-order valence-electron chi connectivity index (χ3n) is 1.39. The van der Waals surface area contributed by atoms with E-state index in [4.69, 9.17) is 16.3 Å². The Hall–Kier alpha value is -0.540. The Morgan fingerprint density at radius 2 is 2.25 bits per heavy atom. The topological polar surface area (TPSA) is 26.3 Å². The van der Waals surface area contributed by atoms with Gasteiger partial charge in [0.15, 0.2) is 6.29 Å². The van der Waals surface area contributed by atoms with E-state index in [2.05, 4.69) is 15.9 Å². The van der Waals surface area contributed by atoms with Gasteiger partial charge in [-0.05, 0) is 28.1 Å². The zero-order chi connectivity index (χ0) is 9.14. The highest BCUT2D eigenvalue weighted by Crippen LogP contribution is 2.29. The predicted octanol–water partition coefficient (Wildman–Crippen LogP) is 2.92. The second-order valence-corrected chi connectivity index (χ2v) is 3.33. The average molecular weight is 249 g/mol. The van der Waals surface area contributed by atoms with Crippen LogP contribution < -0.4 is 4.74 Å². The molecule has 0 spiro atoms. The van der Waals surface area contributed by atoms with Crippen LogP contribution in [0.15, 0.2) is 16.6 Å². The molecule has 0 saturated carbocycles. The number of hydrogen-bond acceptors (Lipinski definition) is 2. The first-order valence-corrected chi connectivity index (χ1v) is 4.34. The van der Waals surface area contributed by atoms with Gasteiger partial charge in [-0.2, -0.15) is 0 Å². The molecule has 0 heterocycles. The summed E-state index contributed by atoms with van der Waals surface area (Å²) in [6.07, 6.45) is 0.721. The summed E-state index contributed by atoms with van der Waals surface area (Å²) in [5.74, 6) is 0.574. The lowest BCUT2D eigenvalue weighted by atomic mass is 10.2. The SMILES string of the molecule is COc1cc(Cl)c(Br)c(C=O)c1. The summed E-state index contributed by atoms with van der Waals surface area (Å²) in [4.78, 5) is 10.5. The van der Waals surface area contributed by atoms with Crippen molar-refractivity contribution in [3.8, 4) is 5.75 Å². The highest BCUT2D eigenvalue weighted by molar-refractivity contribution is 9.10. The van der Waals surface area contributed by atoms with Crippen LogP contribution in [0, 0.1) is 0 Å². The Kier molecular flexibility index (Phi) is 3.12. The Morgan fingerprint density at radius 1 is 1.58 bits per heavy atom. The molecule has 0 N–H and O–H groups in total. The molecule has 0 amide bonds. The van der Waals surface area contributed by atoms with Crippen molar-refractivity contribution < 1.29 is 9.53 Å². The summed E-state index contributed by atoms with van der Waals surface area (Å²) in [6, 6.07) is 3.25. The summed E-state index contributed by atoms with van der Waals surface area (Å²) in [6.45, 7) is 0. The highest BCUT2D eigenvalue weighted by Gasteiger charge is 2.05. The Morgan fingerprint density at radius 3 is 2.75 bits per heavy atom. The maximum absolute atomic E-state index is 10.5. The molecule has 12 heavy (non-hydrogen) atoms. The van der Waals surface area contributed by atoms with Crippen LogP contribution in [0.2, 0.25) is 5.02 Å². The monoisotopic (exact) mass is 248 g/mol. The van der Waals surface area contributed by atoms with Gasteiger partial charge in [-0.3, -0.25) is 4.79 Å². The van der Waals surface area contributed by atoms with E-state index in [1.54, 1.807) is 12.1 Å². The third-order valence-corrected chi connectivity index (χ3v) is 2.80. The minimum absolute atomic E-state index is 0.469. The van der Waals surface area contributed by atoms with E-state index in [0.717, 1.165) is 6.29 Å². The minimum Gasteiger partial charge on any atom is -0.497 e. The van der Waals surface area contributed by atoms with Crippen molar-refractivity contribution in [2.45, 2.75) is 0 Å². The molecule has 4 heteroatoms. The number of carbonyl (C=O) groups is 1. The molecule has 0 aromatic heterocycles. The quantitative estimate of drug-likeness (QED) is 0.753. The lowest BCUT2D eigenvalue weighted by Gasteiger charge is -2.03. The normalized spacial score (nSPS) is 9.58. The molecule has 0 unspecified atom stereocenters. The molecule has 1 aromatic rings. The van der Waals surface area contributed by atoms with Gasteiger partial charge in [-0.25, -0.2) is 0 Å². The molecule has 0 bridgehead atoms. The number of aldehydes is 1. The van der Waals surface area contributed by atoms with Gasteiger partial charge in [0, 0.05) is 10.0 Å². The van der Waals surface area contributed by atoms with Crippen molar-refractivity contribution in [2.24, 2.45) is 0 Å². The van der Waals surface area contributed by atoms with Gasteiger partial charge in [0.25, 0.3) is 0 Å². The van der Waals surface area contributed by atoms with Gasteiger partial charge in [0.1, 0.15) is 5.75 Å². The van der Waals surface area contributed by atoms with Crippen LogP contribution in [-0.2, 0) is 0 Å². The first-order valence-electron chi connectivity index (χ1n) is 3.17. The van der Waals surface area contributed by atoms with Gasteiger partial charge in [0.05, 0.1) is 12.1 Å². The van der Waals surface area contributed by atoms with E-state index in [0.29, 0.717) is 20.8 Å². The molecular weight excluding hydrogens is 243 g/mol. The van der Waals surface area contributed by atoms with E-state index < -0.39 is 0 Å². The standard InChI is InChI=1S/C8H6BrClO2/c1-12-6-2-5(4-11)8(9)7(10)3-6/h2-4H,1H3. The summed E-state index contributed by atoms with van der Waals surface area (Å²) < 4.78 is 5.53. The zero-order valence-corrected chi connectivity index (χ0v) is 8.65. The summed E-state index contributed by atoms with van der Waals surface area (Å²) in [5.41, 5.74) is 0.486. The van der Waals surface area contributed by atoms with Crippen LogP contribution in [0.3, 0.4) is 0 Å². The van der Waals surface area contributed by atoms with Crippen LogP contribution in [0.5, 0.6) is 5.75 Å². The number of methoxy groups -OCH3 is 1. The first kappa shape index (κ1) is 9.55. The molecular formula is C8H6BrClO2. The molecule has 1 aromatic carbocycles. The van der Waals surface area contributed by atoms with Crippen molar-refractivity contribution in [3.05, 3.63) is 27.2 Å². The fraction of sp³-hybridized carbons (Fsp3) is 0.125. The summed E-state index contributed by atoms with van der Waals surface area (Å²) >= 11 is 8.98. The summed E-state index contributed by atoms with van der Waals surface area (Å²) in [7, 11) is 1.52. The Bertz CT molecular complexity index is 312. The number of rotatable bonds is 2. The number of carbonyl (C=O) groups excluding carboxylic acids is 1. The number of benzene rings is 1. The van der Waals surface area contributed by atoms with E-state index in [1.165, 1.54) is 7.11 Å². The average Bonchev–Trinajstić information content (AvgIpc) is 2.09. The van der Waals surface area contributed by atoms with Crippen molar-refractivity contribution in [2.75, 3.05) is 7.11 Å². The maximum Gasteiger partial charge on any atom is 0.151 e. The number of ether oxygens (including phenoxy) is 1. The molecule has 1 rings (SSSR count). The second kappa shape index (κ2) is 3.92. The third kappa shape index (κ3) is 1.79. The molecule has 64 valence electrons. The number of halogens is 2. The van der Waals surface area contributed by atoms with Crippen LogP contribution in [0.25, 0.3) is 0 Å². The Balaban J connectivity index is 3.28. The second-order valence-electron chi connectivity index (χ2n) is 2.13. The predicted molar refractivity (Wildman–Crippen MR) is 51.1 cm³/mol. The van der Waals surface area contributed by atoms with Crippen molar-refractivity contribution >= 4 is 33.8 Å². The molecule has 0 atom stereocenters. The molecule has 2 nitrogen and oxygen atoms in total. The van der Waals surface area contributed by atoms with Crippen LogP contribution in [0.1, 0.15) is 10.4 Å². The van der Waals surface area contributed by atoms with Gasteiger partial charge >= 0.3 is 0 Å². The minimum atomic E-state index is 0.469. The fourth-order valence-corrected chi connectivity index (χ4v) is 1.33. The van der Waals surface area contributed by atoms with Gasteiger partial charge < -0.3 is 4.74 Å². The van der Waals surface area contributed by atoms with Crippen LogP contribution in [-0.4, -0.2) is 13.4 Å². The van der Waals surface area contributed by atoms with E-state index in [1.807, 2.05) is 0 Å². The molecule has 0 fully saturated rings. The molecule has 0 saturated heterocycles. The molecule has 0 aliphatic rings. The smallest absolute Gasteiger partial charge is 0.151 e. The lowest BCUT2D eigenvalue weighted by molar-refractivity contribution is 0.112. The molecule has 0 aliphatic carbocycles. The van der Waals surface area contributed by atoms with E-state index in [-0.39, 0.29) is 0 Å². The van der Waals surface area contributed by atoms with Crippen LogP contribution >= 0.6 is 27.5 Å². The first-order chi connectivity index (χ1) is 5.69. The number of hydrogen-bond donors (Lipinski definition) is 0. The van der Waals surface area contributed by atoms with E-state index in [9.17, 15) is 4.79 Å². The fourth-order valence-electron chi connectivity index (χ4n) is 0.788. The largest absolute Gasteiger partial charge is 0.497 e.